The Labute approximate surface area is 723 Å². The lowest BCUT2D eigenvalue weighted by Crippen LogP contribution is -2.58. The lowest BCUT2D eigenvalue weighted by molar-refractivity contribution is -0.205. The SMILES string of the molecule is CC1(OC(=O)CCc2ccc(C3c4cc(c(O)cc4O)C(c4ccc(OCC(=O)OC5(C)C6CC7CC(C6)CC5C7)cc4)c4cc(c(O)cc4O)C(c4ccc(OCC(=O)OC5(C)C6CC7CC(C6)CC5C7)cc4)c4cc(c(O)cc4O)C(c4ccc(OCC(=O)OC5(C)C6CC7CC(C6)CC5C7)cc4)c4cc3c(O)cc4O)cc2)C2CC3CC(C2)CC1C3. The summed E-state index contributed by atoms with van der Waals surface area (Å²) in [6, 6.07) is 39.1. The van der Waals surface area contributed by atoms with E-state index in [1.165, 1.54) is 49.9 Å². The van der Waals surface area contributed by atoms with Gasteiger partial charge in [-0.2, -0.15) is 0 Å². The van der Waals surface area contributed by atoms with Crippen LogP contribution in [0.2, 0.25) is 0 Å². The second-order valence-corrected chi connectivity index (χ2v) is 41.3. The normalized spacial score (nSPS) is 34.3. The fourth-order valence-corrected chi connectivity index (χ4v) is 28.5. The van der Waals surface area contributed by atoms with E-state index in [4.69, 9.17) is 33.2 Å². The molecule has 16 saturated carbocycles. The summed E-state index contributed by atoms with van der Waals surface area (Å²) in [6.45, 7) is 7.29. The molecule has 2 atom stereocenters. The molecule has 124 heavy (non-hydrogen) atoms. The topological polar surface area (TPSA) is 295 Å². The Bertz CT molecular complexity index is 4620. The van der Waals surface area contributed by atoms with E-state index in [0.717, 1.165) is 108 Å². The Hall–Kier alpha value is -10.6. The molecule has 0 saturated heterocycles. The maximum atomic E-state index is 14.1. The van der Waals surface area contributed by atoms with Crippen LogP contribution in [0.4, 0.5) is 0 Å². The first-order valence-corrected chi connectivity index (χ1v) is 46.0. The molecular formula is C105H114O19. The van der Waals surface area contributed by atoms with Gasteiger partial charge >= 0.3 is 23.9 Å². The van der Waals surface area contributed by atoms with Crippen molar-refractivity contribution in [3.05, 3.63) is 218 Å². The zero-order valence-electron chi connectivity index (χ0n) is 71.1. The minimum atomic E-state index is -1.23. The average Bonchev–Trinajstić information content (AvgIpc) is 0.744. The molecule has 0 heterocycles. The van der Waals surface area contributed by atoms with Gasteiger partial charge in [-0.05, 0) is 346 Å². The molecule has 0 radical (unpaired) electrons. The number of phenols is 8. The van der Waals surface area contributed by atoms with E-state index < -0.39 is 110 Å². The van der Waals surface area contributed by atoms with Gasteiger partial charge in [0.1, 0.15) is 85.6 Å². The summed E-state index contributed by atoms with van der Waals surface area (Å²) in [7, 11) is 0. The van der Waals surface area contributed by atoms with Gasteiger partial charge in [0, 0.05) is 98.9 Å². The van der Waals surface area contributed by atoms with E-state index in [0.29, 0.717) is 141 Å². The molecule has 19 nitrogen and oxygen atoms in total. The Balaban J connectivity index is 0.674. The van der Waals surface area contributed by atoms with Gasteiger partial charge in [-0.25, -0.2) is 14.4 Å². The second kappa shape index (κ2) is 30.7. The number of aryl methyl sites for hydroxylation is 1. The minimum Gasteiger partial charge on any atom is -0.507 e. The van der Waals surface area contributed by atoms with Crippen molar-refractivity contribution in [2.45, 2.75) is 215 Å². The van der Waals surface area contributed by atoms with Gasteiger partial charge in [0.2, 0.25) is 0 Å². The number of ether oxygens (including phenoxy) is 7. The number of aromatic hydroxyl groups is 8. The number of hydrogen-bond acceptors (Lipinski definition) is 19. The Morgan fingerprint density at radius 1 is 0.258 bits per heavy atom. The van der Waals surface area contributed by atoms with Crippen LogP contribution >= 0.6 is 0 Å². The van der Waals surface area contributed by atoms with Crippen LogP contribution in [0.5, 0.6) is 63.2 Å². The number of carbonyl (C=O) groups excluding carboxylic acids is 4. The van der Waals surface area contributed by atoms with Crippen molar-refractivity contribution in [3.8, 4) is 63.2 Å². The highest BCUT2D eigenvalue weighted by atomic mass is 16.6. The lowest BCUT2D eigenvalue weighted by atomic mass is 9.50. The number of rotatable bonds is 20. The summed E-state index contributed by atoms with van der Waals surface area (Å²) in [4.78, 5) is 56.0. The molecule has 17 aliphatic carbocycles. The van der Waals surface area contributed by atoms with Crippen molar-refractivity contribution in [1.82, 2.24) is 0 Å². The fourth-order valence-electron chi connectivity index (χ4n) is 28.5. The van der Waals surface area contributed by atoms with E-state index in [1.807, 2.05) is 24.3 Å². The summed E-state index contributed by atoms with van der Waals surface area (Å²) < 4.78 is 44.5. The number of benzene rings is 8. The molecule has 0 aliphatic heterocycles. The zero-order chi connectivity index (χ0) is 85.3. The molecule has 0 aromatic heterocycles. The number of esters is 4. The molecule has 8 aromatic rings. The largest absolute Gasteiger partial charge is 0.507 e. The summed E-state index contributed by atoms with van der Waals surface area (Å²) in [6.07, 6.45) is 22.4. The van der Waals surface area contributed by atoms with Crippen LogP contribution in [-0.2, 0) is 44.5 Å². The molecule has 19 heteroatoms. The first-order valence-electron chi connectivity index (χ1n) is 46.0. The van der Waals surface area contributed by atoms with Crippen molar-refractivity contribution in [1.29, 1.82) is 0 Å². The quantitative estimate of drug-likeness (QED) is 0.0260. The molecule has 25 rings (SSSR count). The smallest absolute Gasteiger partial charge is 0.344 e. The van der Waals surface area contributed by atoms with Crippen LogP contribution in [0.15, 0.2) is 146 Å². The molecule has 0 amide bonds. The van der Waals surface area contributed by atoms with Crippen molar-refractivity contribution in [2.24, 2.45) is 94.7 Å². The third-order valence-electron chi connectivity index (χ3n) is 34.2. The van der Waals surface area contributed by atoms with Gasteiger partial charge in [-0.1, -0.05) is 60.7 Å². The summed E-state index contributed by atoms with van der Waals surface area (Å²) in [5.74, 6) is -1.18. The maximum absolute atomic E-state index is 14.1. The van der Waals surface area contributed by atoms with E-state index in [1.54, 1.807) is 97.1 Å². The molecule has 8 aromatic carbocycles. The molecule has 2 unspecified atom stereocenters. The van der Waals surface area contributed by atoms with Gasteiger partial charge in [0.15, 0.2) is 19.8 Å². The van der Waals surface area contributed by atoms with Crippen molar-refractivity contribution >= 4 is 23.9 Å². The highest BCUT2D eigenvalue weighted by Gasteiger charge is 2.61. The summed E-state index contributed by atoms with van der Waals surface area (Å²) >= 11 is 0. The van der Waals surface area contributed by atoms with Gasteiger partial charge in [0.05, 0.1) is 0 Å². The zero-order valence-corrected chi connectivity index (χ0v) is 71.1. The third kappa shape index (κ3) is 14.2. The molecular weight excluding hydrogens is 1570 g/mol. The molecule has 16 fully saturated rings. The van der Waals surface area contributed by atoms with E-state index in [2.05, 4.69) is 27.7 Å². The van der Waals surface area contributed by atoms with Crippen LogP contribution in [0.25, 0.3) is 0 Å². The number of phenolic OH excluding ortho intramolecular Hbond substituents is 8. The van der Waals surface area contributed by atoms with Gasteiger partial charge in [0.25, 0.3) is 0 Å². The number of fused-ring (bicyclic) bond motifs is 8. The lowest BCUT2D eigenvalue weighted by Gasteiger charge is -2.59. The van der Waals surface area contributed by atoms with Gasteiger partial charge in [-0.3, -0.25) is 4.79 Å². The summed E-state index contributed by atoms with van der Waals surface area (Å²) in [5, 5.41) is 103. The van der Waals surface area contributed by atoms with Gasteiger partial charge in [-0.15, -0.1) is 0 Å². The highest BCUT2D eigenvalue weighted by molar-refractivity contribution is 5.74. The van der Waals surface area contributed by atoms with Gasteiger partial charge < -0.3 is 74.0 Å². The van der Waals surface area contributed by atoms with E-state index in [-0.39, 0.29) is 76.7 Å². The molecule has 17 aliphatic rings. The first-order chi connectivity index (χ1) is 59.6. The Morgan fingerprint density at radius 2 is 0.444 bits per heavy atom. The standard InChI is InChI=1S/C105H114O19/c1-102(67-27-55-23-56(29-67)30-68(102)28-55)121-94(114)22-7-54-5-8-63(9-6-54)98-78-43-80(88(108)47-86(78)106)99(64-10-16-75(17-11-64)118-51-95(115)122-103(2)69-31-57-24-58(33-69)34-70(103)32-57)82-45-84(92(112)49-90(82)110)101(66-14-20-77(21-15-66)120-53-97(117)124-105(4)73-39-61-26-62(41-73)42-74(105)40-61)85-46-83(91(111)50-93(85)113)100(81-44-79(98)87(107)48-89(81)109)65-12-18-76(19-13-65)119-52-96(116)123-104(3)71-35-59-25-60(37-71)38-72(104)36-59/h5-6,8-21,43-50,55-62,67-74,98-101,106-113H,7,22-42,51-53H2,1-4H3. The number of hydrogen-bond donors (Lipinski definition) is 8. The molecule has 24 bridgehead atoms. The van der Waals surface area contributed by atoms with Crippen molar-refractivity contribution in [3.63, 3.8) is 0 Å². The van der Waals surface area contributed by atoms with Crippen LogP contribution in [0.1, 0.15) is 259 Å². The second-order valence-electron chi connectivity index (χ2n) is 41.3. The predicted octanol–water partition coefficient (Wildman–Crippen LogP) is 19.5. The van der Waals surface area contributed by atoms with Crippen molar-refractivity contribution in [2.75, 3.05) is 19.8 Å². The highest BCUT2D eigenvalue weighted by Crippen LogP contribution is 2.65. The predicted molar refractivity (Wildman–Crippen MR) is 460 cm³/mol. The Kier molecular flexibility index (Phi) is 19.9. The molecule has 0 spiro atoms. The monoisotopic (exact) mass is 1680 g/mol. The Morgan fingerprint density at radius 3 is 0.645 bits per heavy atom. The van der Waals surface area contributed by atoms with E-state index >= 15 is 0 Å². The van der Waals surface area contributed by atoms with Crippen LogP contribution in [0.3, 0.4) is 0 Å². The third-order valence-corrected chi connectivity index (χ3v) is 34.2. The molecule has 648 valence electrons. The molecule has 8 N–H and O–H groups in total. The average molecular weight is 1680 g/mol. The van der Waals surface area contributed by atoms with Crippen LogP contribution in [0, 0.1) is 94.7 Å². The summed E-state index contributed by atoms with van der Waals surface area (Å²) in [5.41, 5.74) is 1.33. The van der Waals surface area contributed by atoms with Crippen LogP contribution in [-0.4, -0.2) is 107 Å². The fraction of sp³-hybridized carbons (Fsp3) is 0.505. The van der Waals surface area contributed by atoms with E-state index in [9.17, 15) is 60.0 Å². The maximum Gasteiger partial charge on any atom is 0.344 e. The van der Waals surface area contributed by atoms with Crippen LogP contribution < -0.4 is 14.2 Å². The van der Waals surface area contributed by atoms with Crippen molar-refractivity contribution < 1.29 is 93.2 Å². The number of carbonyl (C=O) groups is 4. The first kappa shape index (κ1) is 80.5. The minimum absolute atomic E-state index is 0.111.